The molecule has 4 rings (SSSR count). The monoisotopic (exact) mass is 360 g/mol. The molecule has 27 heavy (non-hydrogen) atoms. The van der Waals surface area contributed by atoms with Crippen molar-refractivity contribution in [1.29, 1.82) is 0 Å². The second kappa shape index (κ2) is 6.95. The summed E-state index contributed by atoms with van der Waals surface area (Å²) in [6.45, 7) is 2.57. The third kappa shape index (κ3) is 3.82. The van der Waals surface area contributed by atoms with Crippen LogP contribution in [0.15, 0.2) is 59.1 Å². The van der Waals surface area contributed by atoms with Gasteiger partial charge in [-0.2, -0.15) is 0 Å². The van der Waals surface area contributed by atoms with Crippen molar-refractivity contribution in [3.8, 4) is 11.3 Å². The number of nitrogens with two attached hydrogens (primary N) is 2. The van der Waals surface area contributed by atoms with Crippen molar-refractivity contribution in [3.05, 3.63) is 77.4 Å². The number of furan rings is 1. The summed E-state index contributed by atoms with van der Waals surface area (Å²) < 4.78 is 7.40. The molecule has 0 radical (unpaired) electrons. The Bertz CT molecular complexity index is 1060. The van der Waals surface area contributed by atoms with E-state index in [4.69, 9.17) is 15.9 Å². The fourth-order valence-corrected chi connectivity index (χ4v) is 2.94. The van der Waals surface area contributed by atoms with E-state index >= 15 is 0 Å². The predicted octanol–water partition coefficient (Wildman–Crippen LogP) is 3.05. The molecule has 0 saturated heterocycles. The van der Waals surface area contributed by atoms with Gasteiger partial charge in [-0.25, -0.2) is 9.67 Å². The first-order valence-electron chi connectivity index (χ1n) is 8.62. The van der Waals surface area contributed by atoms with E-state index < -0.39 is 0 Å². The molecule has 0 aliphatic carbocycles. The Balaban J connectivity index is 1.46. The van der Waals surface area contributed by atoms with Crippen LogP contribution < -0.4 is 11.5 Å². The van der Waals surface area contributed by atoms with Gasteiger partial charge in [0.2, 0.25) is 0 Å². The molecule has 0 fully saturated rings. The van der Waals surface area contributed by atoms with E-state index in [1.165, 1.54) is 5.56 Å². The smallest absolute Gasteiger partial charge is 0.135 e. The number of hydrogen-bond donors (Lipinski definition) is 2. The van der Waals surface area contributed by atoms with Gasteiger partial charge in [0.05, 0.1) is 12.7 Å². The molecular formula is C20H20N6O. The van der Waals surface area contributed by atoms with Crippen LogP contribution in [0.3, 0.4) is 0 Å². The van der Waals surface area contributed by atoms with Gasteiger partial charge in [0.25, 0.3) is 0 Å². The van der Waals surface area contributed by atoms with Crippen molar-refractivity contribution >= 4 is 11.6 Å². The minimum atomic E-state index is 0.347. The Labute approximate surface area is 156 Å². The lowest BCUT2D eigenvalue weighted by atomic mass is 10.1. The summed E-state index contributed by atoms with van der Waals surface area (Å²) in [5, 5.41) is 8.37. The first-order chi connectivity index (χ1) is 13.1. The van der Waals surface area contributed by atoms with Crippen LogP contribution in [-0.4, -0.2) is 20.0 Å². The largest absolute Gasteiger partial charge is 0.466 e. The van der Waals surface area contributed by atoms with E-state index in [-0.39, 0.29) is 0 Å². The van der Waals surface area contributed by atoms with Gasteiger partial charge in [-0.15, -0.1) is 5.10 Å². The molecule has 0 bridgehead atoms. The number of nitrogens with zero attached hydrogens (tertiary/aromatic N) is 4. The molecule has 136 valence electrons. The highest BCUT2D eigenvalue weighted by molar-refractivity contribution is 5.71. The zero-order chi connectivity index (χ0) is 18.8. The number of hydrogen-bond acceptors (Lipinski definition) is 6. The summed E-state index contributed by atoms with van der Waals surface area (Å²) in [5.74, 6) is 2.63. The van der Waals surface area contributed by atoms with Gasteiger partial charge in [0.1, 0.15) is 28.9 Å². The van der Waals surface area contributed by atoms with E-state index in [0.717, 1.165) is 29.1 Å². The third-order valence-corrected chi connectivity index (χ3v) is 4.30. The van der Waals surface area contributed by atoms with Crippen molar-refractivity contribution in [2.24, 2.45) is 0 Å². The average Bonchev–Trinajstić information content (AvgIpc) is 3.26. The van der Waals surface area contributed by atoms with E-state index in [1.807, 2.05) is 25.3 Å². The van der Waals surface area contributed by atoms with Crippen LogP contribution in [0.1, 0.15) is 22.6 Å². The maximum atomic E-state index is 5.92. The Morgan fingerprint density at radius 2 is 1.74 bits per heavy atom. The van der Waals surface area contributed by atoms with Crippen LogP contribution in [-0.2, 0) is 13.0 Å². The second-order valence-corrected chi connectivity index (χ2v) is 6.48. The molecule has 3 heterocycles. The van der Waals surface area contributed by atoms with Gasteiger partial charge in [0, 0.05) is 12.0 Å². The number of aryl methyl sites for hydroxylation is 1. The molecule has 7 nitrogen and oxygen atoms in total. The van der Waals surface area contributed by atoms with Gasteiger partial charge in [0.15, 0.2) is 0 Å². The number of nitrogen functional groups attached to an aromatic ring is 2. The summed E-state index contributed by atoms with van der Waals surface area (Å²) in [6.07, 6.45) is 2.63. The molecule has 0 amide bonds. The van der Waals surface area contributed by atoms with E-state index in [9.17, 15) is 0 Å². The summed E-state index contributed by atoms with van der Waals surface area (Å²) in [4.78, 5) is 4.06. The minimum absolute atomic E-state index is 0.347. The van der Waals surface area contributed by atoms with Gasteiger partial charge in [-0.1, -0.05) is 29.5 Å². The van der Waals surface area contributed by atoms with Crippen LogP contribution >= 0.6 is 0 Å². The summed E-state index contributed by atoms with van der Waals surface area (Å²) in [7, 11) is 0. The SMILES string of the molecule is Cc1ccc(Cc2ccc(Cn3cc(-c4ccc(N)nc4N)nn3)cc2)o1. The van der Waals surface area contributed by atoms with Crippen molar-refractivity contribution in [2.75, 3.05) is 11.5 Å². The molecule has 0 aliphatic heterocycles. The number of aromatic nitrogens is 4. The van der Waals surface area contributed by atoms with Crippen LogP contribution in [0.25, 0.3) is 11.3 Å². The second-order valence-electron chi connectivity index (χ2n) is 6.48. The van der Waals surface area contributed by atoms with Crippen LogP contribution in [0.4, 0.5) is 11.6 Å². The normalized spacial score (nSPS) is 11.0. The van der Waals surface area contributed by atoms with Crippen LogP contribution in [0.2, 0.25) is 0 Å². The topological polar surface area (TPSA) is 109 Å². The Kier molecular flexibility index (Phi) is 4.33. The van der Waals surface area contributed by atoms with Gasteiger partial charge < -0.3 is 15.9 Å². The van der Waals surface area contributed by atoms with E-state index in [1.54, 1.807) is 16.8 Å². The quantitative estimate of drug-likeness (QED) is 0.566. The predicted molar refractivity (Wildman–Crippen MR) is 104 cm³/mol. The Morgan fingerprint density at radius 1 is 0.963 bits per heavy atom. The van der Waals surface area contributed by atoms with E-state index in [0.29, 0.717) is 23.9 Å². The summed E-state index contributed by atoms with van der Waals surface area (Å²) in [6, 6.07) is 15.9. The highest BCUT2D eigenvalue weighted by Gasteiger charge is 2.09. The number of benzene rings is 1. The molecule has 1 aromatic carbocycles. The standard InChI is InChI=1S/C20H20N6O/c1-13-2-7-16(27-13)10-14-3-5-15(6-4-14)11-26-12-18(24-25-26)17-8-9-19(21)23-20(17)22/h2-9,12H,10-11H2,1H3,(H4,21,22,23). The molecular weight excluding hydrogens is 340 g/mol. The fourth-order valence-electron chi connectivity index (χ4n) is 2.94. The van der Waals surface area contributed by atoms with Crippen LogP contribution in [0, 0.1) is 6.92 Å². The van der Waals surface area contributed by atoms with Gasteiger partial charge in [-0.3, -0.25) is 0 Å². The highest BCUT2D eigenvalue weighted by atomic mass is 16.3. The zero-order valence-corrected chi connectivity index (χ0v) is 15.0. The summed E-state index contributed by atoms with van der Waals surface area (Å²) >= 11 is 0. The summed E-state index contributed by atoms with van der Waals surface area (Å²) in [5.41, 5.74) is 15.3. The molecule has 3 aromatic heterocycles. The van der Waals surface area contributed by atoms with Gasteiger partial charge in [-0.05, 0) is 42.3 Å². The first kappa shape index (κ1) is 16.8. The maximum Gasteiger partial charge on any atom is 0.135 e. The number of anilines is 2. The minimum Gasteiger partial charge on any atom is -0.466 e. The molecule has 4 aromatic rings. The molecule has 0 saturated carbocycles. The highest BCUT2D eigenvalue weighted by Crippen LogP contribution is 2.23. The molecule has 0 atom stereocenters. The lowest BCUT2D eigenvalue weighted by Gasteiger charge is -2.04. The van der Waals surface area contributed by atoms with Crippen molar-refractivity contribution in [1.82, 2.24) is 20.0 Å². The zero-order valence-electron chi connectivity index (χ0n) is 15.0. The van der Waals surface area contributed by atoms with E-state index in [2.05, 4.69) is 39.6 Å². The van der Waals surface area contributed by atoms with Gasteiger partial charge >= 0.3 is 0 Å². The lowest BCUT2D eigenvalue weighted by molar-refractivity contribution is 0.493. The molecule has 0 spiro atoms. The molecule has 0 aliphatic rings. The van der Waals surface area contributed by atoms with Crippen LogP contribution in [0.5, 0.6) is 0 Å². The first-order valence-corrected chi connectivity index (χ1v) is 8.62. The van der Waals surface area contributed by atoms with Crippen molar-refractivity contribution < 1.29 is 4.42 Å². The Hall–Kier alpha value is -3.61. The fraction of sp³-hybridized carbons (Fsp3) is 0.150. The number of rotatable bonds is 5. The van der Waals surface area contributed by atoms with Crippen molar-refractivity contribution in [2.45, 2.75) is 19.9 Å². The molecule has 7 heteroatoms. The average molecular weight is 360 g/mol. The lowest BCUT2D eigenvalue weighted by Crippen LogP contribution is -2.00. The van der Waals surface area contributed by atoms with Crippen molar-refractivity contribution in [3.63, 3.8) is 0 Å². The maximum absolute atomic E-state index is 5.92. The molecule has 4 N–H and O–H groups in total. The number of pyridine rings is 1. The third-order valence-electron chi connectivity index (χ3n) is 4.30. The molecule has 0 unspecified atom stereocenters. The Morgan fingerprint density at radius 3 is 2.44 bits per heavy atom.